The van der Waals surface area contributed by atoms with Crippen LogP contribution in [-0.2, 0) is 6.61 Å². The first-order valence-electron chi connectivity index (χ1n) is 4.82. The summed E-state index contributed by atoms with van der Waals surface area (Å²) in [4.78, 5) is 3.94. The third-order valence-corrected chi connectivity index (χ3v) is 2.27. The van der Waals surface area contributed by atoms with E-state index >= 15 is 0 Å². The average molecular weight is 218 g/mol. The van der Waals surface area contributed by atoms with Crippen LogP contribution in [0.15, 0.2) is 36.5 Å². The summed E-state index contributed by atoms with van der Waals surface area (Å²) in [7, 11) is 0. The number of aliphatic hydroxyl groups is 1. The highest BCUT2D eigenvalue weighted by molar-refractivity contribution is 5.61. The predicted molar refractivity (Wildman–Crippen MR) is 60.0 cm³/mol. The topological polar surface area (TPSA) is 59.1 Å². The minimum Gasteiger partial charge on any atom is -0.397 e. The van der Waals surface area contributed by atoms with E-state index in [-0.39, 0.29) is 12.3 Å². The molecule has 0 fully saturated rings. The summed E-state index contributed by atoms with van der Waals surface area (Å²) in [6.45, 7) is -0.0298. The van der Waals surface area contributed by atoms with E-state index in [1.807, 2.05) is 0 Å². The second kappa shape index (κ2) is 4.28. The molecule has 0 radical (unpaired) electrons. The van der Waals surface area contributed by atoms with Crippen molar-refractivity contribution in [3.63, 3.8) is 0 Å². The average Bonchev–Trinajstić information content (AvgIpc) is 2.29. The van der Waals surface area contributed by atoms with Gasteiger partial charge in [0.1, 0.15) is 5.69 Å². The molecule has 0 aliphatic rings. The Balaban J connectivity index is 2.42. The molecule has 0 bridgehead atoms. The second-order valence-corrected chi connectivity index (χ2v) is 3.45. The number of nitrogens with zero attached hydrogens (tertiary/aromatic N) is 1. The number of hydrogen-bond acceptors (Lipinski definition) is 3. The molecule has 1 heterocycles. The summed E-state index contributed by atoms with van der Waals surface area (Å²) in [5.41, 5.74) is 7.42. The van der Waals surface area contributed by atoms with Crippen LogP contribution >= 0.6 is 0 Å². The number of aliphatic hydroxyl groups excluding tert-OH is 1. The number of aromatic nitrogens is 1. The van der Waals surface area contributed by atoms with Crippen molar-refractivity contribution in [2.24, 2.45) is 0 Å². The van der Waals surface area contributed by atoms with Crippen molar-refractivity contribution in [3.8, 4) is 11.3 Å². The van der Waals surface area contributed by atoms with Crippen LogP contribution in [0.2, 0.25) is 0 Å². The van der Waals surface area contributed by atoms with Crippen molar-refractivity contribution >= 4 is 5.69 Å². The molecule has 0 unspecified atom stereocenters. The maximum atomic E-state index is 13.5. The SMILES string of the molecule is Nc1cnc(-c2ccc(CO)cc2)c(F)c1. The van der Waals surface area contributed by atoms with Crippen LogP contribution < -0.4 is 5.73 Å². The normalized spacial score (nSPS) is 10.4. The Hall–Kier alpha value is -1.94. The quantitative estimate of drug-likeness (QED) is 0.810. The van der Waals surface area contributed by atoms with Gasteiger partial charge in [-0.3, -0.25) is 4.98 Å². The fourth-order valence-electron chi connectivity index (χ4n) is 1.43. The number of benzene rings is 1. The molecule has 0 spiro atoms. The highest BCUT2D eigenvalue weighted by Crippen LogP contribution is 2.21. The van der Waals surface area contributed by atoms with Crippen molar-refractivity contribution in [1.82, 2.24) is 4.98 Å². The number of anilines is 1. The predicted octanol–water partition coefficient (Wildman–Crippen LogP) is 1.96. The van der Waals surface area contributed by atoms with Crippen LogP contribution in [0.1, 0.15) is 5.56 Å². The fourth-order valence-corrected chi connectivity index (χ4v) is 1.43. The Bertz CT molecular complexity index is 497. The molecule has 82 valence electrons. The van der Waals surface area contributed by atoms with Crippen molar-refractivity contribution < 1.29 is 9.50 Å². The lowest BCUT2D eigenvalue weighted by atomic mass is 10.1. The van der Waals surface area contributed by atoms with Crippen molar-refractivity contribution in [2.45, 2.75) is 6.61 Å². The van der Waals surface area contributed by atoms with E-state index < -0.39 is 5.82 Å². The van der Waals surface area contributed by atoms with Gasteiger partial charge in [-0.05, 0) is 5.56 Å². The second-order valence-electron chi connectivity index (χ2n) is 3.45. The molecule has 4 heteroatoms. The lowest BCUT2D eigenvalue weighted by molar-refractivity contribution is 0.282. The number of nitrogen functional groups attached to an aromatic ring is 1. The van der Waals surface area contributed by atoms with Crippen LogP contribution in [0.25, 0.3) is 11.3 Å². The van der Waals surface area contributed by atoms with Crippen LogP contribution in [0, 0.1) is 5.82 Å². The molecule has 2 rings (SSSR count). The Morgan fingerprint density at radius 1 is 1.25 bits per heavy atom. The van der Waals surface area contributed by atoms with Gasteiger partial charge in [-0.1, -0.05) is 24.3 Å². The van der Waals surface area contributed by atoms with E-state index in [0.717, 1.165) is 5.56 Å². The molecule has 1 aromatic carbocycles. The first-order valence-corrected chi connectivity index (χ1v) is 4.82. The van der Waals surface area contributed by atoms with E-state index in [9.17, 15) is 4.39 Å². The lowest BCUT2D eigenvalue weighted by Gasteiger charge is -2.04. The van der Waals surface area contributed by atoms with Gasteiger partial charge in [-0.25, -0.2) is 4.39 Å². The lowest BCUT2D eigenvalue weighted by Crippen LogP contribution is -1.93. The van der Waals surface area contributed by atoms with Gasteiger partial charge in [0.25, 0.3) is 0 Å². The van der Waals surface area contributed by atoms with Gasteiger partial charge in [-0.15, -0.1) is 0 Å². The van der Waals surface area contributed by atoms with Gasteiger partial charge in [0.15, 0.2) is 5.82 Å². The maximum Gasteiger partial charge on any atom is 0.151 e. The largest absolute Gasteiger partial charge is 0.397 e. The van der Waals surface area contributed by atoms with Crippen molar-refractivity contribution in [3.05, 3.63) is 47.9 Å². The maximum absolute atomic E-state index is 13.5. The summed E-state index contributed by atoms with van der Waals surface area (Å²) in [5, 5.41) is 8.88. The number of hydrogen-bond donors (Lipinski definition) is 2. The van der Waals surface area contributed by atoms with Crippen molar-refractivity contribution in [2.75, 3.05) is 5.73 Å². The van der Waals surface area contributed by atoms with E-state index in [4.69, 9.17) is 10.8 Å². The first-order chi connectivity index (χ1) is 7.70. The van der Waals surface area contributed by atoms with Crippen molar-refractivity contribution in [1.29, 1.82) is 0 Å². The monoisotopic (exact) mass is 218 g/mol. The zero-order valence-corrected chi connectivity index (χ0v) is 8.52. The fraction of sp³-hybridized carbons (Fsp3) is 0.0833. The number of halogens is 1. The zero-order valence-electron chi connectivity index (χ0n) is 8.52. The molecule has 3 N–H and O–H groups in total. The van der Waals surface area contributed by atoms with E-state index in [1.165, 1.54) is 12.3 Å². The zero-order chi connectivity index (χ0) is 11.5. The van der Waals surface area contributed by atoms with Crippen LogP contribution in [0.4, 0.5) is 10.1 Å². The van der Waals surface area contributed by atoms with E-state index in [1.54, 1.807) is 24.3 Å². The third-order valence-electron chi connectivity index (χ3n) is 2.27. The van der Waals surface area contributed by atoms with Gasteiger partial charge >= 0.3 is 0 Å². The smallest absolute Gasteiger partial charge is 0.151 e. The summed E-state index contributed by atoms with van der Waals surface area (Å²) in [6, 6.07) is 8.13. The number of nitrogens with two attached hydrogens (primary N) is 1. The van der Waals surface area contributed by atoms with Crippen LogP contribution in [-0.4, -0.2) is 10.1 Å². The van der Waals surface area contributed by atoms with E-state index in [2.05, 4.69) is 4.98 Å². The highest BCUT2D eigenvalue weighted by atomic mass is 19.1. The van der Waals surface area contributed by atoms with Gasteiger partial charge < -0.3 is 10.8 Å². The molecule has 0 atom stereocenters. The standard InChI is InChI=1S/C12H11FN2O/c13-11-5-10(14)6-15-12(11)9-3-1-8(7-16)2-4-9/h1-6,16H,7,14H2. The van der Waals surface area contributed by atoms with E-state index in [0.29, 0.717) is 11.3 Å². The molecule has 0 saturated heterocycles. The number of pyridine rings is 1. The minimum atomic E-state index is -0.447. The molecule has 2 aromatic rings. The molecular weight excluding hydrogens is 207 g/mol. The molecule has 1 aromatic heterocycles. The Morgan fingerprint density at radius 3 is 2.50 bits per heavy atom. The molecule has 0 aliphatic carbocycles. The van der Waals surface area contributed by atoms with Gasteiger partial charge in [0.2, 0.25) is 0 Å². The Morgan fingerprint density at radius 2 is 1.94 bits per heavy atom. The molecule has 0 saturated carbocycles. The summed E-state index contributed by atoms with van der Waals surface area (Å²) in [6.07, 6.45) is 1.42. The molecule has 3 nitrogen and oxygen atoms in total. The van der Waals surface area contributed by atoms with Crippen LogP contribution in [0.3, 0.4) is 0 Å². The minimum absolute atomic E-state index is 0.0298. The third kappa shape index (κ3) is 2.01. The first kappa shape index (κ1) is 10.6. The highest BCUT2D eigenvalue weighted by Gasteiger charge is 2.06. The Kier molecular flexibility index (Phi) is 2.83. The van der Waals surface area contributed by atoms with Crippen LogP contribution in [0.5, 0.6) is 0 Å². The summed E-state index contributed by atoms with van der Waals surface area (Å²) >= 11 is 0. The Labute approximate surface area is 92.4 Å². The molecule has 0 aliphatic heterocycles. The van der Waals surface area contributed by atoms with Gasteiger partial charge in [0, 0.05) is 11.6 Å². The summed E-state index contributed by atoms with van der Waals surface area (Å²) in [5.74, 6) is -0.447. The van der Waals surface area contributed by atoms with Gasteiger partial charge in [-0.2, -0.15) is 0 Å². The molecule has 16 heavy (non-hydrogen) atoms. The number of rotatable bonds is 2. The summed E-state index contributed by atoms with van der Waals surface area (Å²) < 4.78 is 13.5. The molecular formula is C12H11FN2O. The molecule has 0 amide bonds. The van der Waals surface area contributed by atoms with Gasteiger partial charge in [0.05, 0.1) is 18.5 Å².